The van der Waals surface area contributed by atoms with Crippen LogP contribution >= 0.6 is 0 Å². The number of halogens is 1. The Morgan fingerprint density at radius 3 is 1.74 bits per heavy atom. The van der Waals surface area contributed by atoms with E-state index in [-0.39, 0.29) is 46.3 Å². The van der Waals surface area contributed by atoms with E-state index >= 15 is 0 Å². The summed E-state index contributed by atoms with van der Waals surface area (Å²) in [6, 6.07) is 5.45. The van der Waals surface area contributed by atoms with Gasteiger partial charge in [-0.3, -0.25) is 0 Å². The minimum absolute atomic E-state index is 0.109. The van der Waals surface area contributed by atoms with Crippen LogP contribution < -0.4 is 0 Å². The van der Waals surface area contributed by atoms with Crippen LogP contribution in [0.5, 0.6) is 23.0 Å². The molecule has 0 bridgehead atoms. The van der Waals surface area contributed by atoms with Crippen molar-refractivity contribution in [2.24, 2.45) is 11.8 Å². The van der Waals surface area contributed by atoms with Crippen LogP contribution in [-0.2, 0) is 0 Å². The van der Waals surface area contributed by atoms with Gasteiger partial charge >= 0.3 is 0 Å². The first-order chi connectivity index (χ1) is 21.8. The Labute approximate surface area is 277 Å². The van der Waals surface area contributed by atoms with Gasteiger partial charge in [0.05, 0.1) is 0 Å². The maximum Gasteiger partial charge on any atom is 0.134 e. The van der Waals surface area contributed by atoms with Gasteiger partial charge in [0.25, 0.3) is 0 Å². The molecule has 4 atom stereocenters. The molecule has 46 heavy (non-hydrogen) atoms. The predicted molar refractivity (Wildman–Crippen MR) is 192 cm³/mol. The first-order valence-electron chi connectivity index (χ1n) is 16.9. The van der Waals surface area contributed by atoms with E-state index in [1.54, 1.807) is 6.07 Å². The Balaban J connectivity index is 0.000000314. The lowest BCUT2D eigenvalue weighted by Crippen LogP contribution is -2.18. The molecule has 0 saturated heterocycles. The number of benzene rings is 2. The van der Waals surface area contributed by atoms with Crippen LogP contribution in [0, 0.1) is 17.7 Å². The summed E-state index contributed by atoms with van der Waals surface area (Å²) in [6.45, 7) is 22.5. The third-order valence-corrected chi connectivity index (χ3v) is 8.97. The Hall–Kier alpha value is -3.73. The van der Waals surface area contributed by atoms with Gasteiger partial charge < -0.3 is 20.4 Å². The average molecular weight is 633 g/mol. The van der Waals surface area contributed by atoms with Gasteiger partial charge in [0.1, 0.15) is 28.8 Å². The fourth-order valence-electron chi connectivity index (χ4n) is 6.60. The number of phenols is 4. The number of hydrogen-bond donors (Lipinski definition) is 4. The van der Waals surface area contributed by atoms with Crippen molar-refractivity contribution in [2.45, 2.75) is 112 Å². The van der Waals surface area contributed by atoms with Crippen LogP contribution in [0.2, 0.25) is 0 Å². The van der Waals surface area contributed by atoms with Crippen LogP contribution in [0.15, 0.2) is 77.9 Å². The van der Waals surface area contributed by atoms with Crippen molar-refractivity contribution in [3.05, 3.63) is 100 Å². The summed E-state index contributed by atoms with van der Waals surface area (Å²) >= 11 is 0. The maximum atomic E-state index is 14.1. The van der Waals surface area contributed by atoms with Crippen molar-refractivity contribution in [3.8, 4) is 23.0 Å². The van der Waals surface area contributed by atoms with Crippen LogP contribution in [0.1, 0.15) is 128 Å². The number of rotatable bonds is 9. The second-order valence-electron chi connectivity index (χ2n) is 12.8. The molecule has 0 aromatic heterocycles. The highest BCUT2D eigenvalue weighted by Crippen LogP contribution is 2.46. The summed E-state index contributed by atoms with van der Waals surface area (Å²) < 4.78 is 14.1. The van der Waals surface area contributed by atoms with Gasteiger partial charge in [-0.15, -0.1) is 0 Å². The number of aromatic hydroxyl groups is 4. The quantitative estimate of drug-likeness (QED) is 0.164. The Morgan fingerprint density at radius 2 is 1.26 bits per heavy atom. The second kappa shape index (κ2) is 18.4. The molecule has 2 unspecified atom stereocenters. The predicted octanol–water partition coefficient (Wildman–Crippen LogP) is 12.0. The van der Waals surface area contributed by atoms with Crippen LogP contribution in [-0.4, -0.2) is 20.4 Å². The topological polar surface area (TPSA) is 80.9 Å². The lowest BCUT2D eigenvalue weighted by Gasteiger charge is -2.32. The highest BCUT2D eigenvalue weighted by Gasteiger charge is 2.31. The van der Waals surface area contributed by atoms with E-state index in [1.165, 1.54) is 42.5 Å². The van der Waals surface area contributed by atoms with Gasteiger partial charge in [0, 0.05) is 41.2 Å². The molecule has 4 nitrogen and oxygen atoms in total. The fraction of sp³-hybridized carbons (Fsp3) is 0.463. The van der Waals surface area contributed by atoms with Crippen molar-refractivity contribution in [2.75, 3.05) is 0 Å². The zero-order valence-electron chi connectivity index (χ0n) is 29.2. The minimum atomic E-state index is -0.570. The third-order valence-electron chi connectivity index (χ3n) is 8.97. The molecule has 2 aromatic rings. The fourth-order valence-corrected chi connectivity index (χ4v) is 6.60. The van der Waals surface area contributed by atoms with Crippen molar-refractivity contribution in [1.82, 2.24) is 0 Å². The normalized spacial score (nSPS) is 20.9. The van der Waals surface area contributed by atoms with Gasteiger partial charge in [-0.2, -0.15) is 0 Å². The van der Waals surface area contributed by atoms with Gasteiger partial charge in [-0.1, -0.05) is 93.4 Å². The SMILES string of the molecule is C=C(C)C1CCC(C)=C[C@H]1c1c(O)cc(O)cc1/C=C\CCCCC.C=C(C)C1CCC(C)=C[C@H]1c1c(O)cc(O)cc1F.CC. The van der Waals surface area contributed by atoms with Crippen LogP contribution in [0.25, 0.3) is 6.08 Å². The van der Waals surface area contributed by atoms with Gasteiger partial charge in [0.2, 0.25) is 0 Å². The Bertz CT molecular complexity index is 1410. The first kappa shape index (κ1) is 38.5. The van der Waals surface area contributed by atoms with Crippen molar-refractivity contribution in [3.63, 3.8) is 0 Å². The largest absolute Gasteiger partial charge is 0.508 e. The van der Waals surface area contributed by atoms with E-state index in [9.17, 15) is 24.8 Å². The monoisotopic (exact) mass is 632 g/mol. The molecule has 0 radical (unpaired) electrons. The third kappa shape index (κ3) is 10.4. The van der Waals surface area contributed by atoms with Crippen molar-refractivity contribution >= 4 is 6.08 Å². The zero-order valence-corrected chi connectivity index (χ0v) is 29.2. The molecular formula is C41H57FO4. The molecule has 2 aliphatic carbocycles. The van der Waals surface area contributed by atoms with E-state index in [1.807, 2.05) is 33.8 Å². The lowest BCUT2D eigenvalue weighted by atomic mass is 9.73. The van der Waals surface area contributed by atoms with Crippen molar-refractivity contribution in [1.29, 1.82) is 0 Å². The molecule has 4 rings (SSSR count). The van der Waals surface area contributed by atoms with E-state index in [0.717, 1.165) is 60.4 Å². The molecule has 2 aliphatic rings. The van der Waals surface area contributed by atoms with Gasteiger partial charge in [-0.25, -0.2) is 4.39 Å². The summed E-state index contributed by atoms with van der Waals surface area (Å²) in [4.78, 5) is 0. The highest BCUT2D eigenvalue weighted by molar-refractivity contribution is 5.63. The molecule has 4 N–H and O–H groups in total. The highest BCUT2D eigenvalue weighted by atomic mass is 19.1. The van der Waals surface area contributed by atoms with E-state index in [4.69, 9.17) is 0 Å². The molecule has 0 saturated carbocycles. The second-order valence-corrected chi connectivity index (χ2v) is 12.8. The number of unbranched alkanes of at least 4 members (excludes halogenated alkanes) is 3. The summed E-state index contributed by atoms with van der Waals surface area (Å²) in [5, 5.41) is 39.8. The molecule has 2 aromatic carbocycles. The Kier molecular flexibility index (Phi) is 15.4. The zero-order chi connectivity index (χ0) is 34.6. The lowest BCUT2D eigenvalue weighted by molar-refractivity contribution is 0.409. The molecular weight excluding hydrogens is 575 g/mol. The molecule has 0 aliphatic heterocycles. The van der Waals surface area contributed by atoms with E-state index in [0.29, 0.717) is 5.92 Å². The molecule has 0 fully saturated rings. The summed E-state index contributed by atoms with van der Waals surface area (Å²) in [5.41, 5.74) is 6.76. The summed E-state index contributed by atoms with van der Waals surface area (Å²) in [6.07, 6.45) is 17.1. The Morgan fingerprint density at radius 1 is 0.783 bits per heavy atom. The number of phenolic OH excluding ortho intramolecular Hbond substituents is 4. The summed E-state index contributed by atoms with van der Waals surface area (Å²) in [7, 11) is 0. The maximum absolute atomic E-state index is 14.1. The molecule has 0 spiro atoms. The summed E-state index contributed by atoms with van der Waals surface area (Å²) in [5.74, 6) is -0.399. The average Bonchev–Trinajstić information content (AvgIpc) is 2.97. The number of hydrogen-bond acceptors (Lipinski definition) is 4. The molecule has 0 heterocycles. The van der Waals surface area contributed by atoms with E-state index in [2.05, 4.69) is 52.2 Å². The molecule has 0 amide bonds. The van der Waals surface area contributed by atoms with Crippen molar-refractivity contribution < 1.29 is 24.8 Å². The van der Waals surface area contributed by atoms with Crippen LogP contribution in [0.3, 0.4) is 0 Å². The smallest absolute Gasteiger partial charge is 0.134 e. The molecule has 5 heteroatoms. The minimum Gasteiger partial charge on any atom is -0.508 e. The first-order valence-corrected chi connectivity index (χ1v) is 16.9. The van der Waals surface area contributed by atoms with Gasteiger partial charge in [-0.05, 0) is 89.7 Å². The van der Waals surface area contributed by atoms with E-state index < -0.39 is 5.82 Å². The molecule has 252 valence electrons. The van der Waals surface area contributed by atoms with Gasteiger partial charge in [0.15, 0.2) is 0 Å². The number of allylic oxidation sites excluding steroid dienone is 7. The van der Waals surface area contributed by atoms with Crippen LogP contribution in [0.4, 0.5) is 4.39 Å². The standard InChI is InChI=1S/C23H32O2.C16H19FO2.C2H6/c1-5-6-7-8-9-10-18-14-19(24)15-22(25)23(18)21-13-17(4)11-12-20(21)16(2)3;1-9(2)12-5-4-10(3)6-13(12)16-14(17)7-11(18)8-15(16)19;1-2/h9-10,13-15,20-21,24-25H,2,5-8,11-12H2,1,3-4H3;6-8,12-13,18-19H,1,4-5H2,2-3H3;1-2H3/b10-9-;;/t20?,21-;12?,13-;/m11./s1.